The fourth-order valence-corrected chi connectivity index (χ4v) is 4.91. The number of anilines is 2. The Kier molecular flexibility index (Phi) is 6.80. The summed E-state index contributed by atoms with van der Waals surface area (Å²) in [5.74, 6) is -0.518. The van der Waals surface area contributed by atoms with Gasteiger partial charge in [-0.05, 0) is 54.8 Å². The molecule has 0 spiro atoms. The van der Waals surface area contributed by atoms with E-state index in [1.165, 1.54) is 6.07 Å². The Labute approximate surface area is 215 Å². The number of nitrogens with one attached hydrogen (secondary N) is 1. The minimum absolute atomic E-state index is 0.0165. The number of amides is 2. The normalized spacial score (nSPS) is 16.2. The van der Waals surface area contributed by atoms with Gasteiger partial charge in [0.2, 0.25) is 0 Å². The number of benzene rings is 2. The molecule has 2 amide bonds. The smallest absolute Gasteiger partial charge is 0.251 e. The predicted octanol–water partition coefficient (Wildman–Crippen LogP) is 3.11. The molecule has 192 valence electrons. The van der Waals surface area contributed by atoms with Crippen molar-refractivity contribution in [3.63, 3.8) is 0 Å². The van der Waals surface area contributed by atoms with Crippen LogP contribution in [0.5, 0.6) is 0 Å². The summed E-state index contributed by atoms with van der Waals surface area (Å²) in [7, 11) is 1.54. The van der Waals surface area contributed by atoms with Gasteiger partial charge in [-0.2, -0.15) is 0 Å². The maximum Gasteiger partial charge on any atom is 0.251 e. The van der Waals surface area contributed by atoms with Gasteiger partial charge in [-0.25, -0.2) is 9.37 Å². The number of pyridine rings is 1. The minimum atomic E-state index is -0.505. The number of piperazine rings is 1. The lowest BCUT2D eigenvalue weighted by Crippen LogP contribution is -2.51. The van der Waals surface area contributed by atoms with E-state index < -0.39 is 11.9 Å². The van der Waals surface area contributed by atoms with Crippen LogP contribution in [-0.2, 0) is 16.0 Å². The van der Waals surface area contributed by atoms with Gasteiger partial charge in [0.1, 0.15) is 17.7 Å². The van der Waals surface area contributed by atoms with Crippen molar-refractivity contribution in [1.82, 2.24) is 15.2 Å². The summed E-state index contributed by atoms with van der Waals surface area (Å²) in [6.07, 6.45) is 1.88. The summed E-state index contributed by atoms with van der Waals surface area (Å²) in [6.45, 7) is 5.06. The first-order chi connectivity index (χ1) is 17.9. The monoisotopic (exact) mass is 503 g/mol. The molecule has 0 radical (unpaired) electrons. The molecule has 8 nitrogen and oxygen atoms in total. The van der Waals surface area contributed by atoms with Crippen LogP contribution in [0.2, 0.25) is 0 Å². The molecule has 2 aliphatic rings. The summed E-state index contributed by atoms with van der Waals surface area (Å²) in [5, 5.41) is 2.74. The molecule has 2 aromatic carbocycles. The van der Waals surface area contributed by atoms with Gasteiger partial charge in [-0.3, -0.25) is 9.59 Å². The molecule has 0 aliphatic carbocycles. The van der Waals surface area contributed by atoms with E-state index in [2.05, 4.69) is 15.2 Å². The first kappa shape index (κ1) is 24.7. The fraction of sp³-hybridized carbons (Fsp3) is 0.321. The van der Waals surface area contributed by atoms with Crippen molar-refractivity contribution >= 4 is 23.3 Å². The highest BCUT2D eigenvalue weighted by atomic mass is 19.1. The number of nitrogens with zero attached hydrogens (tertiary/aromatic N) is 3. The van der Waals surface area contributed by atoms with Gasteiger partial charge in [0, 0.05) is 74.0 Å². The number of hydrogen-bond donors (Lipinski definition) is 2. The number of ether oxygens (including phenoxy) is 1. The van der Waals surface area contributed by atoms with E-state index >= 15 is 4.39 Å². The molecule has 1 aromatic heterocycles. The summed E-state index contributed by atoms with van der Waals surface area (Å²) in [4.78, 5) is 32.9. The number of methoxy groups -OCH3 is 1. The number of fused-ring (bicyclic) bond motifs is 1. The Morgan fingerprint density at radius 1 is 1.05 bits per heavy atom. The molecular weight excluding hydrogens is 473 g/mol. The average molecular weight is 504 g/mol. The fourth-order valence-electron chi connectivity index (χ4n) is 4.91. The molecule has 3 aromatic rings. The maximum absolute atomic E-state index is 15.1. The number of nitrogens with two attached hydrogens (primary N) is 1. The highest BCUT2D eigenvalue weighted by Crippen LogP contribution is 2.34. The summed E-state index contributed by atoms with van der Waals surface area (Å²) < 4.78 is 20.2. The molecule has 0 bridgehead atoms. The first-order valence-corrected chi connectivity index (χ1v) is 12.4. The van der Waals surface area contributed by atoms with Crippen LogP contribution in [0.1, 0.15) is 22.8 Å². The number of nitrogen functional groups attached to an aromatic ring is 1. The van der Waals surface area contributed by atoms with Crippen LogP contribution in [0.25, 0.3) is 22.3 Å². The molecule has 37 heavy (non-hydrogen) atoms. The van der Waals surface area contributed by atoms with Gasteiger partial charge < -0.3 is 25.6 Å². The van der Waals surface area contributed by atoms with Crippen molar-refractivity contribution < 1.29 is 18.7 Å². The zero-order valence-electron chi connectivity index (χ0n) is 21.0. The molecule has 1 atom stereocenters. The zero-order chi connectivity index (χ0) is 26.1. The largest absolute Gasteiger partial charge is 0.383 e. The topological polar surface area (TPSA) is 101 Å². The first-order valence-electron chi connectivity index (χ1n) is 12.4. The molecule has 0 saturated carbocycles. The van der Waals surface area contributed by atoms with Crippen LogP contribution in [0.4, 0.5) is 15.9 Å². The van der Waals surface area contributed by atoms with E-state index in [0.717, 1.165) is 35.5 Å². The Bertz CT molecular complexity index is 1340. The highest BCUT2D eigenvalue weighted by Gasteiger charge is 2.25. The van der Waals surface area contributed by atoms with Crippen LogP contribution < -0.4 is 16.0 Å². The van der Waals surface area contributed by atoms with Gasteiger partial charge in [0.05, 0.1) is 0 Å². The molecular formula is C28H30FN5O3. The second-order valence-electron chi connectivity index (χ2n) is 9.39. The van der Waals surface area contributed by atoms with Crippen LogP contribution >= 0.6 is 0 Å². The Morgan fingerprint density at radius 3 is 2.49 bits per heavy atom. The third kappa shape index (κ3) is 4.86. The van der Waals surface area contributed by atoms with Crippen LogP contribution in [0, 0.1) is 5.82 Å². The zero-order valence-corrected chi connectivity index (χ0v) is 21.0. The number of carbonyl (C=O) groups is 2. The van der Waals surface area contributed by atoms with E-state index in [0.29, 0.717) is 42.7 Å². The third-order valence-electron chi connectivity index (χ3n) is 7.18. The molecule has 3 N–H and O–H groups in total. The molecule has 0 unspecified atom stereocenters. The van der Waals surface area contributed by atoms with Crippen molar-refractivity contribution in [1.29, 1.82) is 0 Å². The lowest BCUT2D eigenvalue weighted by molar-refractivity contribution is -0.141. The Balaban J connectivity index is 1.35. The highest BCUT2D eigenvalue weighted by molar-refractivity contribution is 5.97. The lowest BCUT2D eigenvalue weighted by atomic mass is 9.93. The Morgan fingerprint density at radius 2 is 1.78 bits per heavy atom. The lowest BCUT2D eigenvalue weighted by Gasteiger charge is -2.37. The van der Waals surface area contributed by atoms with Gasteiger partial charge in [0.25, 0.3) is 11.8 Å². The van der Waals surface area contributed by atoms with E-state index in [-0.39, 0.29) is 17.6 Å². The van der Waals surface area contributed by atoms with E-state index in [4.69, 9.17) is 10.5 Å². The van der Waals surface area contributed by atoms with Crippen LogP contribution in [-0.4, -0.2) is 67.6 Å². The van der Waals surface area contributed by atoms with Crippen molar-refractivity contribution in [2.75, 3.05) is 50.5 Å². The number of halogens is 1. The van der Waals surface area contributed by atoms with Crippen LogP contribution in [0.15, 0.2) is 48.7 Å². The quantitative estimate of drug-likeness (QED) is 0.555. The van der Waals surface area contributed by atoms with Gasteiger partial charge in [-0.1, -0.05) is 12.1 Å². The average Bonchev–Trinajstić information content (AvgIpc) is 2.93. The standard InChI is InChI=1S/C28H30FN5O3/c1-17(37-2)28(36)34-11-9-33(10-12-34)21-5-3-18(4-6-21)20-14-24(26(30)32-16-20)23-13-19-7-8-31-27(35)22(19)15-25(23)29/h3-6,13-17H,7-12H2,1-2H3,(H2,30,32)(H,31,35)/t17-/m0/s1. The number of carbonyl (C=O) groups excluding carboxylic acids is 2. The maximum atomic E-state index is 15.1. The molecule has 3 heterocycles. The predicted molar refractivity (Wildman–Crippen MR) is 141 cm³/mol. The molecule has 5 rings (SSSR count). The van der Waals surface area contributed by atoms with E-state index in [1.807, 2.05) is 35.2 Å². The van der Waals surface area contributed by atoms with Crippen molar-refractivity contribution in [2.45, 2.75) is 19.4 Å². The number of aromatic nitrogens is 1. The van der Waals surface area contributed by atoms with E-state index in [1.54, 1.807) is 26.3 Å². The molecule has 9 heteroatoms. The van der Waals surface area contributed by atoms with Gasteiger partial charge in [-0.15, -0.1) is 0 Å². The summed E-state index contributed by atoms with van der Waals surface area (Å²) in [6, 6.07) is 12.9. The van der Waals surface area contributed by atoms with Crippen LogP contribution in [0.3, 0.4) is 0 Å². The Hall–Kier alpha value is -3.98. The van der Waals surface area contributed by atoms with Gasteiger partial charge >= 0.3 is 0 Å². The minimum Gasteiger partial charge on any atom is -0.383 e. The third-order valence-corrected chi connectivity index (χ3v) is 7.18. The second kappa shape index (κ2) is 10.2. The van der Waals surface area contributed by atoms with Gasteiger partial charge in [0.15, 0.2) is 0 Å². The van der Waals surface area contributed by atoms with Crippen molar-refractivity contribution in [2.24, 2.45) is 0 Å². The van der Waals surface area contributed by atoms with E-state index in [9.17, 15) is 9.59 Å². The van der Waals surface area contributed by atoms with Crippen molar-refractivity contribution in [3.05, 3.63) is 65.6 Å². The molecule has 1 fully saturated rings. The summed E-state index contributed by atoms with van der Waals surface area (Å²) >= 11 is 0. The number of rotatable bonds is 5. The summed E-state index contributed by atoms with van der Waals surface area (Å²) in [5.41, 5.74) is 11.0. The number of hydrogen-bond acceptors (Lipinski definition) is 6. The molecule has 1 saturated heterocycles. The molecule has 2 aliphatic heterocycles. The second-order valence-corrected chi connectivity index (χ2v) is 9.39. The van der Waals surface area contributed by atoms with Crippen molar-refractivity contribution in [3.8, 4) is 22.3 Å². The SMILES string of the molecule is CO[C@@H](C)C(=O)N1CCN(c2ccc(-c3cnc(N)c(-c4cc5c(cc4F)C(=O)NCC5)c3)cc2)CC1.